The molecule has 1 unspecified atom stereocenters. The molecule has 0 radical (unpaired) electrons. The van der Waals surface area contributed by atoms with Crippen LogP contribution in [-0.4, -0.2) is 117 Å². The molecule has 0 spiro atoms. The van der Waals surface area contributed by atoms with Crippen LogP contribution in [0.15, 0.2) is 83.5 Å². The van der Waals surface area contributed by atoms with Crippen LogP contribution in [-0.2, 0) is 47.7 Å². The van der Waals surface area contributed by atoms with Crippen LogP contribution in [0.1, 0.15) is 96.6 Å². The Kier molecular flexibility index (Phi) is 13.3. The molecule has 6 rings (SSSR count). The third-order valence-electron chi connectivity index (χ3n) is 13.7. The summed E-state index contributed by atoms with van der Waals surface area (Å²) in [5.41, 5.74) is -7.33. The Morgan fingerprint density at radius 3 is 2.13 bits per heavy atom. The van der Waals surface area contributed by atoms with Crippen molar-refractivity contribution >= 4 is 35.6 Å². The highest BCUT2D eigenvalue weighted by Crippen LogP contribution is 2.64. The van der Waals surface area contributed by atoms with E-state index in [4.69, 9.17) is 23.7 Å². The van der Waals surface area contributed by atoms with Crippen molar-refractivity contribution < 1.29 is 72.9 Å². The monoisotopic (exact) mass is 875 g/mol. The van der Waals surface area contributed by atoms with Gasteiger partial charge in [0.1, 0.15) is 23.9 Å². The first-order valence-electron chi connectivity index (χ1n) is 21.0. The van der Waals surface area contributed by atoms with Gasteiger partial charge in [0.05, 0.1) is 48.2 Å². The number of aliphatic hydroxyl groups is 4. The zero-order chi connectivity index (χ0) is 46.4. The number of esters is 4. The Morgan fingerprint density at radius 1 is 0.952 bits per heavy atom. The quantitative estimate of drug-likeness (QED) is 0.0891. The number of rotatable bonds is 12. The standard InChI is InChI=1S/C47H57NO15/c1-9-24(2)41(55)48-35(28-16-12-10-13-17-28)36(53)43(57)60-30-22-47(58)40(62-42(56)29-18-14-11-15-19-29)38-45(8,31(51)21-32-46(38,23-59-32)63-27(5)50)39(54)37(61-33(52)20-25(3)49)34(26(30)4)44(47,6)7/h9-19,25,30-32,35-38,40,49,51,53,58H,20-23H2,1-8H3,(H,48,55)/b24-9+/t25?,30-,31-,32+,35-,36+,37+,38-,40-,45+,46-,47+/m0/s1. The summed E-state index contributed by atoms with van der Waals surface area (Å²) in [5, 5.41) is 50.5. The third-order valence-corrected chi connectivity index (χ3v) is 13.7. The molecular weight excluding hydrogens is 819 g/mol. The van der Waals surface area contributed by atoms with Crippen molar-refractivity contribution in [2.45, 2.75) is 135 Å². The minimum absolute atomic E-state index is 0.0502. The summed E-state index contributed by atoms with van der Waals surface area (Å²) in [6.07, 6.45) is -11.1. The SMILES string of the molecule is C/C=C(\C)C(=O)N[C@@H](c1ccccc1)[C@@H](O)C(=O)O[C@H]1C[C@@]2(O)[C@@H](OC(=O)c3ccccc3)[C@@H]3[C@]4(OC(C)=O)CO[C@@H]4C[C@H](O)[C@@]3(C)C(=O)[C@H](OC(=O)CC(C)O)C(=C1C)C2(C)C. The summed E-state index contributed by atoms with van der Waals surface area (Å²) in [6.45, 7) is 11.3. The van der Waals surface area contributed by atoms with E-state index < -0.39 is 125 Å². The molecule has 12 atom stereocenters. The highest BCUT2D eigenvalue weighted by atomic mass is 16.6. The molecule has 1 saturated heterocycles. The van der Waals surface area contributed by atoms with Crippen molar-refractivity contribution in [2.75, 3.05) is 6.61 Å². The number of carbonyl (C=O) groups is 6. The Labute approximate surface area is 365 Å². The maximum atomic E-state index is 15.7. The van der Waals surface area contributed by atoms with E-state index in [9.17, 15) is 44.4 Å². The summed E-state index contributed by atoms with van der Waals surface area (Å²) in [7, 11) is 0. The predicted octanol–water partition coefficient (Wildman–Crippen LogP) is 3.14. The van der Waals surface area contributed by atoms with E-state index in [1.807, 2.05) is 0 Å². The highest BCUT2D eigenvalue weighted by Gasteiger charge is 2.78. The van der Waals surface area contributed by atoms with Gasteiger partial charge in [-0.3, -0.25) is 19.2 Å². The van der Waals surface area contributed by atoms with Crippen LogP contribution in [0.5, 0.6) is 0 Å². The Bertz CT molecular complexity index is 2190. The second-order valence-electron chi connectivity index (χ2n) is 17.9. The second kappa shape index (κ2) is 17.7. The summed E-state index contributed by atoms with van der Waals surface area (Å²) < 4.78 is 30.4. The minimum Gasteiger partial charge on any atom is -0.456 e. The van der Waals surface area contributed by atoms with Gasteiger partial charge in [-0.15, -0.1) is 0 Å². The van der Waals surface area contributed by atoms with Crippen molar-refractivity contribution in [2.24, 2.45) is 16.7 Å². The van der Waals surface area contributed by atoms with Crippen molar-refractivity contribution in [1.29, 1.82) is 0 Å². The normalized spacial score (nSPS) is 32.4. The Morgan fingerprint density at radius 2 is 1.57 bits per heavy atom. The fourth-order valence-corrected chi connectivity index (χ4v) is 10.0. The van der Waals surface area contributed by atoms with Crippen LogP contribution >= 0.6 is 0 Å². The molecule has 16 nitrogen and oxygen atoms in total. The maximum Gasteiger partial charge on any atom is 0.338 e. The molecule has 2 aromatic carbocycles. The van der Waals surface area contributed by atoms with Crippen molar-refractivity contribution in [3.05, 3.63) is 94.6 Å². The first kappa shape index (κ1) is 47.2. The summed E-state index contributed by atoms with van der Waals surface area (Å²) in [5.74, 6) is -7.13. The number of hydrogen-bond donors (Lipinski definition) is 5. The van der Waals surface area contributed by atoms with Gasteiger partial charge in [-0.2, -0.15) is 0 Å². The fourth-order valence-electron chi connectivity index (χ4n) is 10.0. The van der Waals surface area contributed by atoms with Gasteiger partial charge < -0.3 is 49.4 Å². The number of Topliss-reactive ketones (excluding diaryl/α,β-unsaturated/α-hetero) is 1. The van der Waals surface area contributed by atoms with E-state index in [1.54, 1.807) is 68.5 Å². The molecule has 2 saturated carbocycles. The molecule has 340 valence electrons. The minimum atomic E-state index is -2.44. The van der Waals surface area contributed by atoms with Gasteiger partial charge in [-0.25, -0.2) is 9.59 Å². The van der Waals surface area contributed by atoms with Gasteiger partial charge in [0.2, 0.25) is 5.91 Å². The smallest absolute Gasteiger partial charge is 0.338 e. The van der Waals surface area contributed by atoms with Crippen LogP contribution in [0.3, 0.4) is 0 Å². The number of benzene rings is 2. The molecule has 0 aromatic heterocycles. The van der Waals surface area contributed by atoms with E-state index in [0.29, 0.717) is 11.1 Å². The largest absolute Gasteiger partial charge is 0.456 e. The van der Waals surface area contributed by atoms with Gasteiger partial charge in [-0.1, -0.05) is 68.5 Å². The lowest BCUT2D eigenvalue weighted by atomic mass is 9.44. The molecule has 1 heterocycles. The number of carbonyl (C=O) groups excluding carboxylic acids is 6. The first-order chi connectivity index (χ1) is 29.5. The van der Waals surface area contributed by atoms with Crippen molar-refractivity contribution in [1.82, 2.24) is 5.32 Å². The molecule has 3 aliphatic carbocycles. The molecule has 4 aliphatic rings. The van der Waals surface area contributed by atoms with Gasteiger partial charge in [0.25, 0.3) is 0 Å². The maximum absolute atomic E-state index is 15.7. The second-order valence-corrected chi connectivity index (χ2v) is 17.9. The molecule has 3 fully saturated rings. The van der Waals surface area contributed by atoms with Crippen LogP contribution in [0.25, 0.3) is 0 Å². The molecule has 1 amide bonds. The molecular formula is C47H57NO15. The van der Waals surface area contributed by atoms with Crippen molar-refractivity contribution in [3.63, 3.8) is 0 Å². The summed E-state index contributed by atoms with van der Waals surface area (Å²) >= 11 is 0. The van der Waals surface area contributed by atoms with Gasteiger partial charge in [-0.05, 0) is 63.5 Å². The lowest BCUT2D eigenvalue weighted by Gasteiger charge is -2.67. The van der Waals surface area contributed by atoms with Crippen LogP contribution in [0.4, 0.5) is 0 Å². The predicted molar refractivity (Wildman–Crippen MR) is 222 cm³/mol. The summed E-state index contributed by atoms with van der Waals surface area (Å²) in [6, 6.07) is 14.7. The molecule has 1 aliphatic heterocycles. The third kappa shape index (κ3) is 8.23. The lowest BCUT2D eigenvalue weighted by molar-refractivity contribution is -0.346. The topological polar surface area (TPSA) is 242 Å². The molecule has 2 aromatic rings. The summed E-state index contributed by atoms with van der Waals surface area (Å²) in [4.78, 5) is 84.0. The molecule has 63 heavy (non-hydrogen) atoms. The molecule has 5 N–H and O–H groups in total. The number of aliphatic hydroxyl groups excluding tert-OH is 3. The van der Waals surface area contributed by atoms with Crippen LogP contribution in [0, 0.1) is 16.7 Å². The average molecular weight is 876 g/mol. The van der Waals surface area contributed by atoms with E-state index in [2.05, 4.69) is 5.32 Å². The van der Waals surface area contributed by atoms with E-state index >= 15 is 4.79 Å². The number of amides is 1. The van der Waals surface area contributed by atoms with E-state index in [1.165, 1.54) is 46.8 Å². The number of nitrogens with one attached hydrogen (secondary N) is 1. The fraction of sp³-hybridized carbons (Fsp3) is 0.532. The average Bonchev–Trinajstić information content (AvgIpc) is 3.23. The number of hydrogen-bond acceptors (Lipinski definition) is 15. The van der Waals surface area contributed by atoms with Gasteiger partial charge >= 0.3 is 23.9 Å². The number of ether oxygens (including phenoxy) is 5. The number of ketones is 1. The lowest BCUT2D eigenvalue weighted by Crippen LogP contribution is -2.82. The number of allylic oxidation sites excluding steroid dienone is 1. The van der Waals surface area contributed by atoms with Gasteiger partial charge in [0.15, 0.2) is 23.6 Å². The van der Waals surface area contributed by atoms with Crippen molar-refractivity contribution in [3.8, 4) is 0 Å². The number of fused-ring (bicyclic) bond motifs is 5. The zero-order valence-electron chi connectivity index (χ0n) is 36.7. The Balaban J connectivity index is 1.57. The van der Waals surface area contributed by atoms with Crippen LogP contribution < -0.4 is 5.32 Å². The van der Waals surface area contributed by atoms with Gasteiger partial charge in [0, 0.05) is 30.8 Å². The highest BCUT2D eigenvalue weighted by molar-refractivity contribution is 5.96. The first-order valence-corrected chi connectivity index (χ1v) is 21.0. The van der Waals surface area contributed by atoms with E-state index in [0.717, 1.165) is 6.92 Å². The van der Waals surface area contributed by atoms with Crippen LogP contribution in [0.2, 0.25) is 0 Å². The Hall–Kier alpha value is -5.26. The van der Waals surface area contributed by atoms with E-state index in [-0.39, 0.29) is 29.7 Å². The zero-order valence-corrected chi connectivity index (χ0v) is 36.7. The molecule has 2 bridgehead atoms. The molecule has 16 heteroatoms.